The highest BCUT2D eigenvalue weighted by atomic mass is 19.1. The van der Waals surface area contributed by atoms with E-state index in [-0.39, 0.29) is 24.5 Å². The summed E-state index contributed by atoms with van der Waals surface area (Å²) in [6.07, 6.45) is 1.89. The van der Waals surface area contributed by atoms with Gasteiger partial charge in [0, 0.05) is 0 Å². The number of aliphatic hydroxyl groups is 1. The lowest BCUT2D eigenvalue weighted by molar-refractivity contribution is 0.0198. The normalized spacial score (nSPS) is 12.2. The molecule has 4 aromatic rings. The minimum absolute atomic E-state index is 0.0338. The molecule has 2 aromatic heterocycles. The molecule has 2 heterocycles. The van der Waals surface area contributed by atoms with Crippen molar-refractivity contribution in [3.8, 4) is 11.4 Å². The van der Waals surface area contributed by atoms with Crippen molar-refractivity contribution in [1.29, 1.82) is 0 Å². The lowest BCUT2D eigenvalue weighted by Gasteiger charge is -2.13. The number of fused-ring (bicyclic) bond motifs is 1. The van der Waals surface area contributed by atoms with Crippen LogP contribution in [0.5, 0.6) is 5.75 Å². The summed E-state index contributed by atoms with van der Waals surface area (Å²) in [5.41, 5.74) is 1.57. The minimum Gasteiger partial charge on any atom is -0.497 e. The molecule has 0 spiro atoms. The number of benzene rings is 2. The molecular formula is C22H21FN4O4. The van der Waals surface area contributed by atoms with Crippen LogP contribution < -0.4 is 10.3 Å². The van der Waals surface area contributed by atoms with Crippen LogP contribution in [-0.4, -0.2) is 44.3 Å². The van der Waals surface area contributed by atoms with Crippen LogP contribution >= 0.6 is 0 Å². The van der Waals surface area contributed by atoms with E-state index in [1.807, 2.05) is 24.3 Å². The highest BCUT2D eigenvalue weighted by Crippen LogP contribution is 2.14. The molecule has 2 aromatic carbocycles. The number of aromatic nitrogens is 4. The molecule has 0 saturated carbocycles. The van der Waals surface area contributed by atoms with Crippen molar-refractivity contribution in [3.63, 3.8) is 0 Å². The summed E-state index contributed by atoms with van der Waals surface area (Å²) < 4.78 is 26.6. The van der Waals surface area contributed by atoms with E-state index in [1.54, 1.807) is 19.2 Å². The lowest BCUT2D eigenvalue weighted by atomic mass is 10.2. The van der Waals surface area contributed by atoms with Gasteiger partial charge in [0.05, 0.1) is 44.9 Å². The molecule has 31 heavy (non-hydrogen) atoms. The van der Waals surface area contributed by atoms with Gasteiger partial charge in [-0.1, -0.05) is 12.1 Å². The highest BCUT2D eigenvalue weighted by Gasteiger charge is 2.14. The summed E-state index contributed by atoms with van der Waals surface area (Å²) in [6.45, 7) is 0.426. The van der Waals surface area contributed by atoms with E-state index >= 15 is 0 Å². The van der Waals surface area contributed by atoms with Gasteiger partial charge in [-0.05, 0) is 42.0 Å². The van der Waals surface area contributed by atoms with E-state index in [0.717, 1.165) is 11.3 Å². The van der Waals surface area contributed by atoms with Crippen LogP contribution in [0.1, 0.15) is 5.56 Å². The fraction of sp³-hybridized carbons (Fsp3) is 0.227. The summed E-state index contributed by atoms with van der Waals surface area (Å²) in [7, 11) is 1.60. The number of aliphatic hydroxyl groups excluding tert-OH is 1. The molecule has 0 aliphatic carbocycles. The van der Waals surface area contributed by atoms with Crippen LogP contribution in [0.25, 0.3) is 16.7 Å². The first-order valence-electron chi connectivity index (χ1n) is 9.63. The van der Waals surface area contributed by atoms with Gasteiger partial charge in [0.1, 0.15) is 23.3 Å². The maximum Gasteiger partial charge on any atom is 0.264 e. The summed E-state index contributed by atoms with van der Waals surface area (Å²) in [5, 5.41) is 14.8. The molecule has 0 aliphatic heterocycles. The minimum atomic E-state index is -0.887. The van der Waals surface area contributed by atoms with Crippen molar-refractivity contribution in [3.05, 3.63) is 82.8 Å². The molecule has 160 valence electrons. The van der Waals surface area contributed by atoms with Crippen molar-refractivity contribution >= 4 is 11.0 Å². The van der Waals surface area contributed by atoms with E-state index in [9.17, 15) is 14.3 Å². The molecular weight excluding hydrogens is 403 g/mol. The topological polar surface area (TPSA) is 91.4 Å². The Morgan fingerprint density at radius 1 is 1.13 bits per heavy atom. The summed E-state index contributed by atoms with van der Waals surface area (Å²) in [5.74, 6) is 0.396. The van der Waals surface area contributed by atoms with Crippen LogP contribution in [0, 0.1) is 5.82 Å². The summed E-state index contributed by atoms with van der Waals surface area (Å²) in [6, 6.07) is 13.2. The lowest BCUT2D eigenvalue weighted by Crippen LogP contribution is -2.29. The standard InChI is InChI=1S/C22H21FN4O4/c1-30-19-8-2-15(3-9-19)12-31-13-18(28)11-26-14-24-21-20(22(26)29)10-25-27(21)17-6-4-16(23)5-7-17/h2-10,14,18,28H,11-13H2,1H3/t18-/m0/s1. The summed E-state index contributed by atoms with van der Waals surface area (Å²) >= 11 is 0. The van der Waals surface area contributed by atoms with Crippen LogP contribution in [0.2, 0.25) is 0 Å². The van der Waals surface area contributed by atoms with E-state index in [4.69, 9.17) is 9.47 Å². The predicted molar refractivity (Wildman–Crippen MR) is 112 cm³/mol. The first kappa shape index (κ1) is 20.7. The van der Waals surface area contributed by atoms with Gasteiger partial charge in [0.15, 0.2) is 5.65 Å². The largest absolute Gasteiger partial charge is 0.497 e. The monoisotopic (exact) mass is 424 g/mol. The first-order valence-corrected chi connectivity index (χ1v) is 9.63. The maximum absolute atomic E-state index is 13.2. The van der Waals surface area contributed by atoms with Gasteiger partial charge < -0.3 is 14.6 Å². The van der Waals surface area contributed by atoms with Crippen molar-refractivity contribution in [2.45, 2.75) is 19.3 Å². The Kier molecular flexibility index (Phi) is 6.06. The number of hydrogen-bond acceptors (Lipinski definition) is 6. The van der Waals surface area contributed by atoms with Gasteiger partial charge in [-0.15, -0.1) is 0 Å². The predicted octanol–water partition coefficient (Wildman–Crippen LogP) is 2.31. The molecule has 1 N–H and O–H groups in total. The highest BCUT2D eigenvalue weighted by molar-refractivity contribution is 5.74. The van der Waals surface area contributed by atoms with Gasteiger partial charge in [-0.3, -0.25) is 9.36 Å². The Bertz CT molecular complexity index is 1220. The molecule has 0 fully saturated rings. The second-order valence-electron chi connectivity index (χ2n) is 6.99. The van der Waals surface area contributed by atoms with Crippen molar-refractivity contribution < 1.29 is 19.0 Å². The fourth-order valence-electron chi connectivity index (χ4n) is 3.16. The van der Waals surface area contributed by atoms with E-state index in [0.29, 0.717) is 23.3 Å². The third-order valence-electron chi connectivity index (χ3n) is 4.77. The Morgan fingerprint density at radius 2 is 1.87 bits per heavy atom. The second kappa shape index (κ2) is 9.07. The van der Waals surface area contributed by atoms with Gasteiger partial charge >= 0.3 is 0 Å². The SMILES string of the molecule is COc1ccc(COC[C@@H](O)Cn2cnc3c(cnn3-c3ccc(F)cc3)c2=O)cc1. The number of rotatable bonds is 8. The van der Waals surface area contributed by atoms with Crippen LogP contribution in [0.4, 0.5) is 4.39 Å². The molecule has 0 amide bonds. The first-order chi connectivity index (χ1) is 15.0. The van der Waals surface area contributed by atoms with E-state index in [1.165, 1.54) is 33.9 Å². The van der Waals surface area contributed by atoms with Crippen molar-refractivity contribution in [2.75, 3.05) is 13.7 Å². The molecule has 8 nitrogen and oxygen atoms in total. The van der Waals surface area contributed by atoms with Gasteiger partial charge in [-0.2, -0.15) is 5.10 Å². The summed E-state index contributed by atoms with van der Waals surface area (Å²) in [4.78, 5) is 17.1. The van der Waals surface area contributed by atoms with Gasteiger partial charge in [-0.25, -0.2) is 14.1 Å². The zero-order chi connectivity index (χ0) is 21.8. The Morgan fingerprint density at radius 3 is 2.58 bits per heavy atom. The molecule has 0 unspecified atom stereocenters. The Labute approximate surface area is 177 Å². The molecule has 1 atom stereocenters. The van der Waals surface area contributed by atoms with Crippen LogP contribution in [-0.2, 0) is 17.9 Å². The van der Waals surface area contributed by atoms with Gasteiger partial charge in [0.25, 0.3) is 5.56 Å². The number of halogens is 1. The molecule has 0 aliphatic rings. The molecule has 0 bridgehead atoms. The second-order valence-corrected chi connectivity index (χ2v) is 6.99. The number of methoxy groups -OCH3 is 1. The average Bonchev–Trinajstić information content (AvgIpc) is 3.21. The number of nitrogens with zero attached hydrogens (tertiary/aromatic N) is 4. The fourth-order valence-corrected chi connectivity index (χ4v) is 3.16. The third-order valence-corrected chi connectivity index (χ3v) is 4.77. The van der Waals surface area contributed by atoms with Gasteiger partial charge in [0.2, 0.25) is 0 Å². The van der Waals surface area contributed by atoms with Crippen LogP contribution in [0.3, 0.4) is 0 Å². The molecule has 9 heteroatoms. The van der Waals surface area contributed by atoms with Crippen molar-refractivity contribution in [2.24, 2.45) is 0 Å². The van der Waals surface area contributed by atoms with E-state index < -0.39 is 6.10 Å². The quantitative estimate of drug-likeness (QED) is 0.467. The van der Waals surface area contributed by atoms with Crippen LogP contribution in [0.15, 0.2) is 65.8 Å². The molecule has 4 rings (SSSR count). The number of ether oxygens (including phenoxy) is 2. The third kappa shape index (κ3) is 4.62. The van der Waals surface area contributed by atoms with E-state index in [2.05, 4.69) is 10.1 Å². The molecule has 0 radical (unpaired) electrons. The number of hydrogen-bond donors (Lipinski definition) is 1. The average molecular weight is 424 g/mol. The molecule has 0 saturated heterocycles. The van der Waals surface area contributed by atoms with Crippen molar-refractivity contribution in [1.82, 2.24) is 19.3 Å². The zero-order valence-corrected chi connectivity index (χ0v) is 16.8. The zero-order valence-electron chi connectivity index (χ0n) is 16.8. The Hall–Kier alpha value is -3.56. The maximum atomic E-state index is 13.2. The Balaban J connectivity index is 1.41. The smallest absolute Gasteiger partial charge is 0.264 e.